The molecule has 0 bridgehead atoms. The molecule has 0 aliphatic carbocycles. The summed E-state index contributed by atoms with van der Waals surface area (Å²) in [7, 11) is 0. The van der Waals surface area contributed by atoms with E-state index in [1.54, 1.807) is 0 Å². The average molecular weight is 287 g/mol. The van der Waals surface area contributed by atoms with Crippen molar-refractivity contribution in [2.45, 2.75) is 79.1 Å². The minimum atomic E-state index is 1.35. The summed E-state index contributed by atoms with van der Waals surface area (Å²) >= 11 is 0. The monoisotopic (exact) mass is 286 g/mol. The molecule has 0 aromatic carbocycles. The van der Waals surface area contributed by atoms with Gasteiger partial charge >= 0.3 is 0 Å². The van der Waals surface area contributed by atoms with E-state index in [-0.39, 0.29) is 0 Å². The number of rotatable bonds is 15. The number of hydrogen-bond acceptors (Lipinski definition) is 0. The summed E-state index contributed by atoms with van der Waals surface area (Å²) < 4.78 is 0. The molecule has 0 saturated heterocycles. The van der Waals surface area contributed by atoms with Gasteiger partial charge in [0.15, 0.2) is 0 Å². The second kappa shape index (κ2) is 15.3. The Morgan fingerprint density at radius 3 is 0.850 bits per heavy atom. The second-order valence-corrected chi connectivity index (χ2v) is 6.41. The molecule has 0 radical (unpaired) electrons. The minimum absolute atomic E-state index is 1.35. The number of quaternary nitrogens is 2. The van der Waals surface area contributed by atoms with Crippen LogP contribution in [0.4, 0.5) is 0 Å². The predicted molar refractivity (Wildman–Crippen MR) is 90.8 cm³/mol. The zero-order valence-electron chi connectivity index (χ0n) is 14.9. The number of nitrogens with one attached hydrogen (secondary N) is 2. The van der Waals surface area contributed by atoms with E-state index in [4.69, 9.17) is 0 Å². The SMILES string of the molecule is CCCC[NH+](CCCC)CC[NH+](CCCC)CCCC. The molecule has 2 nitrogen and oxygen atoms in total. The first-order chi connectivity index (χ1) is 9.78. The molecule has 0 unspecified atom stereocenters. The van der Waals surface area contributed by atoms with E-state index in [0.717, 1.165) is 0 Å². The lowest BCUT2D eigenvalue weighted by Crippen LogP contribution is -3.20. The van der Waals surface area contributed by atoms with Gasteiger partial charge in [0.1, 0.15) is 13.1 Å². The molecular formula is C18H42N2+2. The van der Waals surface area contributed by atoms with Gasteiger partial charge in [-0.15, -0.1) is 0 Å². The third-order valence-corrected chi connectivity index (χ3v) is 4.37. The zero-order valence-corrected chi connectivity index (χ0v) is 14.9. The predicted octanol–water partition coefficient (Wildman–Crippen LogP) is 1.96. The number of hydrogen-bond donors (Lipinski definition) is 2. The van der Waals surface area contributed by atoms with Crippen LogP contribution >= 0.6 is 0 Å². The Morgan fingerprint density at radius 2 is 0.650 bits per heavy atom. The lowest BCUT2D eigenvalue weighted by atomic mass is 10.2. The fraction of sp³-hybridized carbons (Fsp3) is 1.00. The Labute approximate surface area is 128 Å². The van der Waals surface area contributed by atoms with Crippen molar-refractivity contribution < 1.29 is 9.80 Å². The van der Waals surface area contributed by atoms with Crippen LogP contribution < -0.4 is 9.80 Å². The molecule has 122 valence electrons. The molecule has 0 aromatic heterocycles. The van der Waals surface area contributed by atoms with Crippen molar-refractivity contribution in [2.24, 2.45) is 0 Å². The highest BCUT2D eigenvalue weighted by Gasteiger charge is 2.13. The van der Waals surface area contributed by atoms with E-state index >= 15 is 0 Å². The van der Waals surface area contributed by atoms with Gasteiger partial charge in [0.05, 0.1) is 26.2 Å². The van der Waals surface area contributed by atoms with Crippen LogP contribution in [-0.4, -0.2) is 39.3 Å². The Balaban J connectivity index is 4.05. The first kappa shape index (κ1) is 19.9. The quantitative estimate of drug-likeness (QED) is 0.455. The van der Waals surface area contributed by atoms with Gasteiger partial charge in [-0.2, -0.15) is 0 Å². The lowest BCUT2D eigenvalue weighted by Gasteiger charge is -2.23. The van der Waals surface area contributed by atoms with Crippen molar-refractivity contribution in [3.8, 4) is 0 Å². The molecule has 0 aliphatic heterocycles. The topological polar surface area (TPSA) is 8.88 Å². The second-order valence-electron chi connectivity index (χ2n) is 6.41. The zero-order chi connectivity index (χ0) is 15.1. The molecule has 2 heteroatoms. The highest BCUT2D eigenvalue weighted by Crippen LogP contribution is 1.84. The van der Waals surface area contributed by atoms with E-state index < -0.39 is 0 Å². The highest BCUT2D eigenvalue weighted by atomic mass is 15.2. The molecule has 0 atom stereocenters. The molecule has 0 saturated carbocycles. The van der Waals surface area contributed by atoms with E-state index in [1.165, 1.54) is 90.6 Å². The van der Waals surface area contributed by atoms with Gasteiger partial charge in [-0.1, -0.05) is 53.4 Å². The number of unbranched alkanes of at least 4 members (excludes halogenated alkanes) is 4. The van der Waals surface area contributed by atoms with Gasteiger partial charge in [0.25, 0.3) is 0 Å². The molecule has 0 fully saturated rings. The molecule has 0 amide bonds. The van der Waals surface area contributed by atoms with Crippen LogP contribution in [0.2, 0.25) is 0 Å². The standard InChI is InChI=1S/C18H40N2/c1-5-9-13-19(14-10-6-2)17-18-20(15-11-7-3)16-12-8-4/h5-18H2,1-4H3/p+2. The van der Waals surface area contributed by atoms with Gasteiger partial charge in [-0.3, -0.25) is 0 Å². The van der Waals surface area contributed by atoms with E-state index in [0.29, 0.717) is 0 Å². The minimum Gasteiger partial charge on any atom is -0.330 e. The molecule has 0 aromatic rings. The summed E-state index contributed by atoms with van der Waals surface area (Å²) in [5, 5.41) is 0. The van der Waals surface area contributed by atoms with Gasteiger partial charge in [0.2, 0.25) is 0 Å². The maximum atomic E-state index is 2.32. The lowest BCUT2D eigenvalue weighted by molar-refractivity contribution is -0.958. The molecular weight excluding hydrogens is 244 g/mol. The van der Waals surface area contributed by atoms with Crippen LogP contribution in [0.5, 0.6) is 0 Å². The van der Waals surface area contributed by atoms with Gasteiger partial charge < -0.3 is 9.80 Å². The molecule has 0 aliphatic rings. The Morgan fingerprint density at radius 1 is 0.400 bits per heavy atom. The van der Waals surface area contributed by atoms with Crippen molar-refractivity contribution in [1.29, 1.82) is 0 Å². The summed E-state index contributed by atoms with van der Waals surface area (Å²) in [5.74, 6) is 0. The first-order valence-electron chi connectivity index (χ1n) is 9.45. The highest BCUT2D eigenvalue weighted by molar-refractivity contribution is 4.39. The van der Waals surface area contributed by atoms with Gasteiger partial charge in [-0.25, -0.2) is 0 Å². The van der Waals surface area contributed by atoms with Crippen LogP contribution in [0.3, 0.4) is 0 Å². The van der Waals surface area contributed by atoms with Crippen molar-refractivity contribution >= 4 is 0 Å². The van der Waals surface area contributed by atoms with Crippen LogP contribution in [0.25, 0.3) is 0 Å². The summed E-state index contributed by atoms with van der Waals surface area (Å²) in [4.78, 5) is 3.72. The summed E-state index contributed by atoms with van der Waals surface area (Å²) in [6.45, 7) is 17.6. The first-order valence-corrected chi connectivity index (χ1v) is 9.45. The van der Waals surface area contributed by atoms with E-state index in [2.05, 4.69) is 27.7 Å². The summed E-state index contributed by atoms with van der Waals surface area (Å²) in [5.41, 5.74) is 0. The van der Waals surface area contributed by atoms with Crippen LogP contribution in [0.1, 0.15) is 79.1 Å². The van der Waals surface area contributed by atoms with Crippen LogP contribution in [-0.2, 0) is 0 Å². The third-order valence-electron chi connectivity index (χ3n) is 4.37. The largest absolute Gasteiger partial charge is 0.330 e. The summed E-state index contributed by atoms with van der Waals surface area (Å²) in [6, 6.07) is 0. The van der Waals surface area contributed by atoms with Gasteiger partial charge in [-0.05, 0) is 25.7 Å². The van der Waals surface area contributed by atoms with E-state index in [1.807, 2.05) is 9.80 Å². The average Bonchev–Trinajstić information content (AvgIpc) is 2.48. The van der Waals surface area contributed by atoms with Crippen molar-refractivity contribution in [1.82, 2.24) is 0 Å². The molecule has 20 heavy (non-hydrogen) atoms. The fourth-order valence-electron chi connectivity index (χ4n) is 2.81. The van der Waals surface area contributed by atoms with Crippen molar-refractivity contribution in [2.75, 3.05) is 39.3 Å². The fourth-order valence-corrected chi connectivity index (χ4v) is 2.81. The van der Waals surface area contributed by atoms with Crippen molar-refractivity contribution in [3.05, 3.63) is 0 Å². The molecule has 2 N–H and O–H groups in total. The van der Waals surface area contributed by atoms with Gasteiger partial charge in [0, 0.05) is 0 Å². The maximum Gasteiger partial charge on any atom is 0.127 e. The van der Waals surface area contributed by atoms with Crippen molar-refractivity contribution in [3.63, 3.8) is 0 Å². The van der Waals surface area contributed by atoms with Crippen LogP contribution in [0, 0.1) is 0 Å². The summed E-state index contributed by atoms with van der Waals surface area (Å²) in [6.07, 6.45) is 11.0. The Bertz CT molecular complexity index is 146. The smallest absolute Gasteiger partial charge is 0.127 e. The molecule has 0 spiro atoms. The maximum absolute atomic E-state index is 2.32. The molecule has 0 rings (SSSR count). The molecule has 0 heterocycles. The Kier molecular flexibility index (Phi) is 15.3. The Hall–Kier alpha value is -0.0800. The van der Waals surface area contributed by atoms with E-state index in [9.17, 15) is 0 Å². The van der Waals surface area contributed by atoms with Crippen LogP contribution in [0.15, 0.2) is 0 Å². The normalized spacial score (nSPS) is 11.7. The third kappa shape index (κ3) is 11.7.